The van der Waals surface area contributed by atoms with Gasteiger partial charge in [-0.15, -0.1) is 0 Å². The van der Waals surface area contributed by atoms with Crippen LogP contribution in [-0.2, 0) is 6.54 Å². The average Bonchev–Trinajstić information content (AvgIpc) is 3.19. The molecule has 0 saturated carbocycles. The molecule has 0 aliphatic carbocycles. The fourth-order valence-electron chi connectivity index (χ4n) is 3.83. The van der Waals surface area contributed by atoms with Crippen molar-refractivity contribution in [2.45, 2.75) is 38.3 Å². The van der Waals surface area contributed by atoms with E-state index in [9.17, 15) is 0 Å². The van der Waals surface area contributed by atoms with E-state index in [4.69, 9.17) is 0 Å². The van der Waals surface area contributed by atoms with E-state index >= 15 is 0 Å². The molecule has 0 amide bonds. The van der Waals surface area contributed by atoms with Gasteiger partial charge in [-0.05, 0) is 31.2 Å². The van der Waals surface area contributed by atoms with Crippen LogP contribution in [0.15, 0.2) is 42.7 Å². The zero-order valence-corrected chi connectivity index (χ0v) is 14.8. The molecule has 1 aromatic heterocycles. The summed E-state index contributed by atoms with van der Waals surface area (Å²) in [6, 6.07) is 13.4. The van der Waals surface area contributed by atoms with Crippen molar-refractivity contribution in [1.29, 1.82) is 0 Å². The highest BCUT2D eigenvalue weighted by atomic mass is 15.2. The first-order valence-electron chi connectivity index (χ1n) is 9.47. The van der Waals surface area contributed by atoms with E-state index in [1.165, 1.54) is 18.4 Å². The average molecular weight is 337 g/mol. The van der Waals surface area contributed by atoms with E-state index in [0.717, 1.165) is 57.2 Å². The summed E-state index contributed by atoms with van der Waals surface area (Å²) in [5.41, 5.74) is 1.40. The maximum Gasteiger partial charge on any atom is 0.134 e. The Bertz CT molecular complexity index is 661. The number of likely N-dealkylation sites (tertiary alicyclic amines) is 1. The lowest BCUT2D eigenvalue weighted by atomic mass is 10.0. The Morgan fingerprint density at radius 3 is 2.48 bits per heavy atom. The third-order valence-electron chi connectivity index (χ3n) is 5.27. The third kappa shape index (κ3) is 4.28. The second-order valence-electron chi connectivity index (χ2n) is 7.14. The summed E-state index contributed by atoms with van der Waals surface area (Å²) in [7, 11) is 0. The normalized spacial score (nSPS) is 19.3. The maximum absolute atomic E-state index is 4.44. The van der Waals surface area contributed by atoms with E-state index < -0.39 is 0 Å². The Kier molecular flexibility index (Phi) is 5.11. The van der Waals surface area contributed by atoms with Crippen molar-refractivity contribution in [2.75, 3.05) is 36.4 Å². The van der Waals surface area contributed by atoms with Gasteiger partial charge in [-0.2, -0.15) is 0 Å². The zero-order valence-electron chi connectivity index (χ0n) is 14.8. The lowest BCUT2D eigenvalue weighted by molar-refractivity contribution is 0.211. The molecule has 4 rings (SSSR count). The molecule has 1 N–H and O–H groups in total. The Hall–Kier alpha value is -2.14. The van der Waals surface area contributed by atoms with Crippen LogP contribution in [0.1, 0.15) is 31.2 Å². The highest BCUT2D eigenvalue weighted by molar-refractivity contribution is 5.49. The van der Waals surface area contributed by atoms with Gasteiger partial charge in [0.15, 0.2) is 0 Å². The van der Waals surface area contributed by atoms with Crippen molar-refractivity contribution >= 4 is 11.6 Å². The van der Waals surface area contributed by atoms with Gasteiger partial charge in [0.25, 0.3) is 0 Å². The number of hydrogen-bond acceptors (Lipinski definition) is 5. The van der Waals surface area contributed by atoms with Gasteiger partial charge in [0.1, 0.15) is 18.0 Å². The minimum atomic E-state index is 0.508. The van der Waals surface area contributed by atoms with Crippen molar-refractivity contribution in [2.24, 2.45) is 0 Å². The van der Waals surface area contributed by atoms with E-state index in [2.05, 4.69) is 61.5 Å². The molecule has 2 fully saturated rings. The van der Waals surface area contributed by atoms with Gasteiger partial charge in [-0.1, -0.05) is 30.3 Å². The van der Waals surface area contributed by atoms with Gasteiger partial charge in [0.2, 0.25) is 0 Å². The maximum atomic E-state index is 4.44. The van der Waals surface area contributed by atoms with E-state index in [0.29, 0.717) is 6.04 Å². The molecule has 0 radical (unpaired) electrons. The van der Waals surface area contributed by atoms with Crippen LogP contribution in [0.2, 0.25) is 0 Å². The van der Waals surface area contributed by atoms with E-state index in [1.54, 1.807) is 6.33 Å². The summed E-state index contributed by atoms with van der Waals surface area (Å²) in [5, 5.41) is 3.62. The molecule has 0 atom stereocenters. The molecule has 3 heterocycles. The zero-order chi connectivity index (χ0) is 16.9. The molecular weight excluding hydrogens is 310 g/mol. The second kappa shape index (κ2) is 7.83. The van der Waals surface area contributed by atoms with Crippen molar-refractivity contribution < 1.29 is 0 Å². The SMILES string of the molecule is c1ccc(CN2CCC(Nc3cc(N4CCCC4)ncn3)CC2)cc1. The molecule has 0 bridgehead atoms. The largest absolute Gasteiger partial charge is 0.367 e. The first-order chi connectivity index (χ1) is 12.4. The number of rotatable bonds is 5. The number of piperidine rings is 1. The second-order valence-corrected chi connectivity index (χ2v) is 7.14. The van der Waals surface area contributed by atoms with Crippen molar-refractivity contribution in [3.8, 4) is 0 Å². The van der Waals surface area contributed by atoms with Crippen LogP contribution in [0.4, 0.5) is 11.6 Å². The van der Waals surface area contributed by atoms with Crippen LogP contribution in [0.5, 0.6) is 0 Å². The van der Waals surface area contributed by atoms with Crippen LogP contribution in [0, 0.1) is 0 Å². The molecule has 25 heavy (non-hydrogen) atoms. The molecule has 0 spiro atoms. The van der Waals surface area contributed by atoms with Gasteiger partial charge in [-0.3, -0.25) is 4.90 Å². The molecule has 5 nitrogen and oxygen atoms in total. The summed E-state index contributed by atoms with van der Waals surface area (Å²) in [4.78, 5) is 13.8. The number of nitrogens with zero attached hydrogens (tertiary/aromatic N) is 4. The number of benzene rings is 1. The van der Waals surface area contributed by atoms with Crippen LogP contribution < -0.4 is 10.2 Å². The first-order valence-corrected chi connectivity index (χ1v) is 9.47. The fraction of sp³-hybridized carbons (Fsp3) is 0.500. The van der Waals surface area contributed by atoms with Crippen molar-refractivity contribution in [3.63, 3.8) is 0 Å². The number of anilines is 2. The summed E-state index contributed by atoms with van der Waals surface area (Å²) in [6.07, 6.45) is 6.56. The predicted octanol–water partition coefficient (Wildman–Crippen LogP) is 3.15. The Morgan fingerprint density at radius 1 is 0.960 bits per heavy atom. The lowest BCUT2D eigenvalue weighted by Crippen LogP contribution is -2.38. The quantitative estimate of drug-likeness (QED) is 0.908. The first kappa shape index (κ1) is 16.3. The van der Waals surface area contributed by atoms with E-state index in [-0.39, 0.29) is 0 Å². The molecule has 2 aliphatic heterocycles. The van der Waals surface area contributed by atoms with Crippen LogP contribution in [0.25, 0.3) is 0 Å². The Morgan fingerprint density at radius 2 is 1.72 bits per heavy atom. The molecule has 2 aliphatic rings. The molecule has 0 unspecified atom stereocenters. The van der Waals surface area contributed by atoms with Gasteiger partial charge in [-0.25, -0.2) is 9.97 Å². The van der Waals surface area contributed by atoms with Gasteiger partial charge >= 0.3 is 0 Å². The highest BCUT2D eigenvalue weighted by Crippen LogP contribution is 2.21. The van der Waals surface area contributed by atoms with Gasteiger partial charge in [0, 0.05) is 44.8 Å². The smallest absolute Gasteiger partial charge is 0.134 e. The van der Waals surface area contributed by atoms with Crippen LogP contribution >= 0.6 is 0 Å². The topological polar surface area (TPSA) is 44.3 Å². The molecular formula is C20H27N5. The minimum Gasteiger partial charge on any atom is -0.367 e. The molecule has 132 valence electrons. The number of nitrogens with one attached hydrogen (secondary N) is 1. The summed E-state index contributed by atoms with van der Waals surface area (Å²) in [5.74, 6) is 2.04. The third-order valence-corrected chi connectivity index (χ3v) is 5.27. The van der Waals surface area contributed by atoms with Crippen molar-refractivity contribution in [3.05, 3.63) is 48.3 Å². The van der Waals surface area contributed by atoms with Gasteiger partial charge < -0.3 is 10.2 Å². The van der Waals surface area contributed by atoms with Crippen LogP contribution in [0.3, 0.4) is 0 Å². The van der Waals surface area contributed by atoms with Crippen molar-refractivity contribution in [1.82, 2.24) is 14.9 Å². The van der Waals surface area contributed by atoms with Gasteiger partial charge in [0.05, 0.1) is 0 Å². The molecule has 2 saturated heterocycles. The predicted molar refractivity (Wildman–Crippen MR) is 102 cm³/mol. The molecule has 5 heteroatoms. The summed E-state index contributed by atoms with van der Waals surface area (Å²) >= 11 is 0. The lowest BCUT2D eigenvalue weighted by Gasteiger charge is -2.32. The van der Waals surface area contributed by atoms with Crippen LogP contribution in [-0.4, -0.2) is 47.1 Å². The Labute approximate surface area is 150 Å². The fourth-order valence-corrected chi connectivity index (χ4v) is 3.83. The number of hydrogen-bond donors (Lipinski definition) is 1. The summed E-state index contributed by atoms with van der Waals surface area (Å²) in [6.45, 7) is 5.57. The van der Waals surface area contributed by atoms with E-state index in [1.807, 2.05) is 0 Å². The monoisotopic (exact) mass is 337 g/mol. The molecule has 1 aromatic carbocycles. The standard InChI is InChI=1S/C20H27N5/c1-2-6-17(7-3-1)15-24-12-8-18(9-13-24)23-19-14-20(22-16-21-19)25-10-4-5-11-25/h1-3,6-7,14,16,18H,4-5,8-13,15H2,(H,21,22,23). The Balaban J connectivity index is 1.29. The minimum absolute atomic E-state index is 0.508. The number of aromatic nitrogens is 2. The highest BCUT2D eigenvalue weighted by Gasteiger charge is 2.20. The molecule has 2 aromatic rings. The summed E-state index contributed by atoms with van der Waals surface area (Å²) < 4.78 is 0.